The third-order valence-corrected chi connectivity index (χ3v) is 6.30. The number of aryl methyl sites for hydroxylation is 1. The fourth-order valence-corrected chi connectivity index (χ4v) is 4.38. The molecule has 0 unspecified atom stereocenters. The lowest BCUT2D eigenvalue weighted by Crippen LogP contribution is -2.23. The maximum atomic E-state index is 12.7. The van der Waals surface area contributed by atoms with Gasteiger partial charge in [0.25, 0.3) is 11.8 Å². The van der Waals surface area contributed by atoms with Gasteiger partial charge >= 0.3 is 0 Å². The van der Waals surface area contributed by atoms with E-state index in [0.29, 0.717) is 34.2 Å². The van der Waals surface area contributed by atoms with E-state index in [9.17, 15) is 9.59 Å². The monoisotopic (exact) mass is 444 g/mol. The molecule has 7 heteroatoms. The van der Waals surface area contributed by atoms with E-state index in [1.165, 1.54) is 17.3 Å². The summed E-state index contributed by atoms with van der Waals surface area (Å²) in [6, 6.07) is 18.9. The van der Waals surface area contributed by atoms with Gasteiger partial charge < -0.3 is 20.1 Å². The number of ether oxygens (including phenoxy) is 2. The molecular formula is C25H20N2O4S. The van der Waals surface area contributed by atoms with Gasteiger partial charge in [-0.2, -0.15) is 0 Å². The third-order valence-electron chi connectivity index (χ3n) is 5.20. The Kier molecular flexibility index (Phi) is 5.33. The van der Waals surface area contributed by atoms with Gasteiger partial charge in [-0.05, 0) is 54.5 Å². The summed E-state index contributed by atoms with van der Waals surface area (Å²) >= 11 is 1.40. The predicted octanol–water partition coefficient (Wildman–Crippen LogP) is 4.74. The molecule has 0 bridgehead atoms. The molecule has 3 aromatic carbocycles. The normalized spacial score (nSPS) is 15.3. The zero-order chi connectivity index (χ0) is 22.1. The highest BCUT2D eigenvalue weighted by Gasteiger charge is 2.22. The van der Waals surface area contributed by atoms with Gasteiger partial charge in [-0.15, -0.1) is 0 Å². The maximum absolute atomic E-state index is 12.7. The maximum Gasteiger partial charge on any atom is 0.262 e. The van der Waals surface area contributed by atoms with Crippen LogP contribution in [-0.2, 0) is 11.3 Å². The van der Waals surface area contributed by atoms with E-state index < -0.39 is 0 Å². The molecule has 0 atom stereocenters. The summed E-state index contributed by atoms with van der Waals surface area (Å²) in [4.78, 5) is 26.8. The van der Waals surface area contributed by atoms with E-state index in [0.717, 1.165) is 16.0 Å². The number of anilines is 1. The highest BCUT2D eigenvalue weighted by atomic mass is 32.2. The van der Waals surface area contributed by atoms with Crippen molar-refractivity contribution in [2.45, 2.75) is 18.4 Å². The topological polar surface area (TPSA) is 76.7 Å². The van der Waals surface area contributed by atoms with Crippen LogP contribution >= 0.6 is 11.8 Å². The molecule has 6 nitrogen and oxygen atoms in total. The molecular weight excluding hydrogens is 424 g/mol. The van der Waals surface area contributed by atoms with E-state index in [-0.39, 0.29) is 18.6 Å². The Bertz CT molecular complexity index is 1250. The number of hydrogen-bond donors (Lipinski definition) is 2. The lowest BCUT2D eigenvalue weighted by atomic mass is 10.1. The van der Waals surface area contributed by atoms with Gasteiger partial charge in [0.1, 0.15) is 0 Å². The van der Waals surface area contributed by atoms with Gasteiger partial charge in [-0.25, -0.2) is 0 Å². The van der Waals surface area contributed by atoms with Crippen LogP contribution in [0.3, 0.4) is 0 Å². The van der Waals surface area contributed by atoms with Gasteiger partial charge in [-0.1, -0.05) is 47.7 Å². The van der Waals surface area contributed by atoms with E-state index in [1.54, 1.807) is 12.1 Å². The van der Waals surface area contributed by atoms with Crippen LogP contribution in [0.4, 0.5) is 5.69 Å². The standard InChI is InChI=1S/C25H20N2O4S/c1-15-2-4-16(5-3-15)11-23-25(29)27-19-12-18(7-9-22(19)32-23)24(28)26-13-17-6-8-20-21(10-17)31-14-30-20/h2-12H,13-14H2,1H3,(H,26,28)(H,27,29). The van der Waals surface area contributed by atoms with Crippen molar-refractivity contribution in [2.24, 2.45) is 0 Å². The molecule has 5 rings (SSSR count). The van der Waals surface area contributed by atoms with E-state index >= 15 is 0 Å². The average molecular weight is 445 g/mol. The molecule has 0 aliphatic carbocycles. The number of fused-ring (bicyclic) bond motifs is 2. The zero-order valence-electron chi connectivity index (χ0n) is 17.3. The first-order valence-electron chi connectivity index (χ1n) is 10.1. The molecule has 2 aliphatic heterocycles. The lowest BCUT2D eigenvalue weighted by molar-refractivity contribution is -0.112. The summed E-state index contributed by atoms with van der Waals surface area (Å²) in [5.41, 5.74) is 4.17. The quantitative estimate of drug-likeness (QED) is 0.569. The van der Waals surface area contributed by atoms with Crippen LogP contribution in [0.1, 0.15) is 27.0 Å². The molecule has 0 radical (unpaired) electrons. The van der Waals surface area contributed by atoms with Crippen LogP contribution in [0.15, 0.2) is 70.5 Å². The van der Waals surface area contributed by atoms with Crippen LogP contribution in [0.5, 0.6) is 11.5 Å². The number of benzene rings is 3. The molecule has 32 heavy (non-hydrogen) atoms. The minimum Gasteiger partial charge on any atom is -0.454 e. The first kappa shape index (κ1) is 20.2. The molecule has 0 spiro atoms. The minimum atomic E-state index is -0.217. The van der Waals surface area contributed by atoms with E-state index in [4.69, 9.17) is 9.47 Å². The number of carbonyl (C=O) groups is 2. The second-order valence-corrected chi connectivity index (χ2v) is 8.64. The molecule has 0 saturated carbocycles. The summed E-state index contributed by atoms with van der Waals surface area (Å²) in [5, 5.41) is 5.80. The van der Waals surface area contributed by atoms with Crippen LogP contribution in [0.2, 0.25) is 0 Å². The van der Waals surface area contributed by atoms with Gasteiger partial charge in [0, 0.05) is 17.0 Å². The Morgan fingerprint density at radius 2 is 1.88 bits per heavy atom. The number of nitrogens with one attached hydrogen (secondary N) is 2. The lowest BCUT2D eigenvalue weighted by Gasteiger charge is -2.19. The Labute approximate surface area is 189 Å². The van der Waals surface area contributed by atoms with E-state index in [2.05, 4.69) is 10.6 Å². The van der Waals surface area contributed by atoms with Crippen molar-refractivity contribution in [3.63, 3.8) is 0 Å². The number of hydrogen-bond acceptors (Lipinski definition) is 5. The second-order valence-electron chi connectivity index (χ2n) is 7.56. The summed E-state index contributed by atoms with van der Waals surface area (Å²) in [6.07, 6.45) is 1.87. The number of thioether (sulfide) groups is 1. The van der Waals surface area contributed by atoms with Crippen molar-refractivity contribution in [3.05, 3.63) is 87.8 Å². The largest absolute Gasteiger partial charge is 0.454 e. The van der Waals surface area contributed by atoms with Gasteiger partial charge in [0.15, 0.2) is 11.5 Å². The van der Waals surface area contributed by atoms with E-state index in [1.807, 2.05) is 61.5 Å². The molecule has 2 amide bonds. The number of carbonyl (C=O) groups excluding carboxylic acids is 2. The number of amides is 2. The molecule has 2 aliphatic rings. The van der Waals surface area contributed by atoms with Crippen molar-refractivity contribution in [1.82, 2.24) is 5.32 Å². The predicted molar refractivity (Wildman–Crippen MR) is 124 cm³/mol. The third kappa shape index (κ3) is 4.20. The smallest absolute Gasteiger partial charge is 0.262 e. The fraction of sp³-hybridized carbons (Fsp3) is 0.120. The first-order chi connectivity index (χ1) is 15.5. The SMILES string of the molecule is Cc1ccc(C=C2Sc3ccc(C(=O)NCc4ccc5c(c4)OCO5)cc3NC2=O)cc1. The van der Waals surface area contributed by atoms with Crippen molar-refractivity contribution >= 4 is 35.3 Å². The zero-order valence-corrected chi connectivity index (χ0v) is 18.1. The van der Waals surface area contributed by atoms with Crippen LogP contribution in [0, 0.1) is 6.92 Å². The minimum absolute atomic E-state index is 0.180. The molecule has 2 N–H and O–H groups in total. The molecule has 160 valence electrons. The molecule has 0 saturated heterocycles. The Balaban J connectivity index is 1.28. The molecule has 3 aromatic rings. The first-order valence-corrected chi connectivity index (χ1v) is 11.0. The number of rotatable bonds is 4. The highest BCUT2D eigenvalue weighted by molar-refractivity contribution is 8.04. The summed E-state index contributed by atoms with van der Waals surface area (Å²) in [7, 11) is 0. The summed E-state index contributed by atoms with van der Waals surface area (Å²) < 4.78 is 10.7. The van der Waals surface area contributed by atoms with Gasteiger partial charge in [-0.3, -0.25) is 9.59 Å². The molecule has 0 aromatic heterocycles. The second kappa shape index (κ2) is 8.43. The van der Waals surface area contributed by atoms with Crippen LogP contribution in [0.25, 0.3) is 6.08 Å². The Hall–Kier alpha value is -3.71. The summed E-state index contributed by atoms with van der Waals surface area (Å²) in [6.45, 7) is 2.60. The van der Waals surface area contributed by atoms with Gasteiger partial charge in [0.05, 0.1) is 10.6 Å². The van der Waals surface area contributed by atoms with Crippen molar-refractivity contribution in [3.8, 4) is 11.5 Å². The fourth-order valence-electron chi connectivity index (χ4n) is 3.45. The highest BCUT2D eigenvalue weighted by Crippen LogP contribution is 2.39. The van der Waals surface area contributed by atoms with Crippen molar-refractivity contribution in [1.29, 1.82) is 0 Å². The van der Waals surface area contributed by atoms with Crippen molar-refractivity contribution in [2.75, 3.05) is 12.1 Å². The Morgan fingerprint density at radius 3 is 2.72 bits per heavy atom. The van der Waals surface area contributed by atoms with Gasteiger partial charge in [0.2, 0.25) is 6.79 Å². The Morgan fingerprint density at radius 1 is 1.06 bits per heavy atom. The molecule has 2 heterocycles. The average Bonchev–Trinajstić information content (AvgIpc) is 3.27. The summed E-state index contributed by atoms with van der Waals surface area (Å²) in [5.74, 6) is 0.991. The molecule has 0 fully saturated rings. The van der Waals surface area contributed by atoms with Crippen molar-refractivity contribution < 1.29 is 19.1 Å². The van der Waals surface area contributed by atoms with Crippen LogP contribution < -0.4 is 20.1 Å². The van der Waals surface area contributed by atoms with Crippen LogP contribution in [-0.4, -0.2) is 18.6 Å².